The third kappa shape index (κ3) is 2.33. The van der Waals surface area contributed by atoms with Crippen LogP contribution in [0.25, 0.3) is 0 Å². The summed E-state index contributed by atoms with van der Waals surface area (Å²) in [6.07, 6.45) is 6.77. The summed E-state index contributed by atoms with van der Waals surface area (Å²) in [6, 6.07) is 0. The van der Waals surface area contributed by atoms with Crippen molar-refractivity contribution >= 4 is 0 Å². The summed E-state index contributed by atoms with van der Waals surface area (Å²) in [6.45, 7) is 10.8. The van der Waals surface area contributed by atoms with E-state index in [2.05, 4.69) is 25.7 Å². The highest BCUT2D eigenvalue weighted by molar-refractivity contribution is 5.08. The van der Waals surface area contributed by atoms with Gasteiger partial charge in [0.1, 0.15) is 0 Å². The second kappa shape index (κ2) is 5.48. The number of piperidine rings is 1. The second-order valence-corrected chi connectivity index (χ2v) is 6.64. The van der Waals surface area contributed by atoms with Crippen LogP contribution in [-0.4, -0.2) is 42.8 Å². The minimum atomic E-state index is 0.211. The van der Waals surface area contributed by atoms with E-state index in [9.17, 15) is 0 Å². The van der Waals surface area contributed by atoms with Crippen molar-refractivity contribution in [3.05, 3.63) is 0 Å². The number of ether oxygens (including phenoxy) is 1. The van der Waals surface area contributed by atoms with Gasteiger partial charge in [0.15, 0.2) is 0 Å². The molecule has 1 saturated heterocycles. The number of likely N-dealkylation sites (tertiary alicyclic amines) is 1. The zero-order chi connectivity index (χ0) is 13.2. The Morgan fingerprint density at radius 1 is 1.28 bits per heavy atom. The Balaban J connectivity index is 2.12. The molecule has 0 bridgehead atoms. The van der Waals surface area contributed by atoms with Crippen molar-refractivity contribution in [3.63, 3.8) is 0 Å². The minimum absolute atomic E-state index is 0.211. The van der Waals surface area contributed by atoms with Crippen LogP contribution >= 0.6 is 0 Å². The molecule has 2 aliphatic rings. The molecule has 0 spiro atoms. The van der Waals surface area contributed by atoms with Gasteiger partial charge in [0.2, 0.25) is 0 Å². The van der Waals surface area contributed by atoms with E-state index >= 15 is 0 Å². The molecule has 1 saturated carbocycles. The predicted octanol–water partition coefficient (Wildman–Crippen LogP) is 2.39. The van der Waals surface area contributed by atoms with Crippen LogP contribution in [0.3, 0.4) is 0 Å². The highest BCUT2D eigenvalue weighted by Crippen LogP contribution is 2.49. The SMILES string of the molecule is CCOC1CCCN(C2(CN)CCCC2(C)C)C1. The Morgan fingerprint density at radius 2 is 2.06 bits per heavy atom. The third-order valence-corrected chi connectivity index (χ3v) is 5.38. The molecule has 2 rings (SSSR count). The minimum Gasteiger partial charge on any atom is -0.377 e. The molecule has 1 aliphatic carbocycles. The van der Waals surface area contributed by atoms with Gasteiger partial charge in [0, 0.05) is 25.2 Å². The summed E-state index contributed by atoms with van der Waals surface area (Å²) in [5.41, 5.74) is 6.77. The van der Waals surface area contributed by atoms with Gasteiger partial charge in [0.25, 0.3) is 0 Å². The van der Waals surface area contributed by atoms with Gasteiger partial charge in [-0.15, -0.1) is 0 Å². The van der Waals surface area contributed by atoms with Crippen molar-refractivity contribution < 1.29 is 4.74 Å². The lowest BCUT2D eigenvalue weighted by atomic mass is 9.73. The zero-order valence-electron chi connectivity index (χ0n) is 12.4. The first kappa shape index (κ1) is 14.3. The van der Waals surface area contributed by atoms with Gasteiger partial charge in [-0.1, -0.05) is 20.3 Å². The molecular formula is C15H30N2O. The quantitative estimate of drug-likeness (QED) is 0.837. The zero-order valence-corrected chi connectivity index (χ0v) is 12.4. The largest absolute Gasteiger partial charge is 0.377 e. The molecule has 106 valence electrons. The van der Waals surface area contributed by atoms with Crippen molar-refractivity contribution in [2.24, 2.45) is 11.1 Å². The molecule has 3 nitrogen and oxygen atoms in total. The van der Waals surface area contributed by atoms with E-state index < -0.39 is 0 Å². The molecule has 18 heavy (non-hydrogen) atoms. The van der Waals surface area contributed by atoms with Crippen LogP contribution in [0.4, 0.5) is 0 Å². The molecule has 1 heterocycles. The van der Waals surface area contributed by atoms with Crippen molar-refractivity contribution in [2.75, 3.05) is 26.2 Å². The standard InChI is InChI=1S/C15H30N2O/c1-4-18-13-7-5-10-17(11-13)15(12-16)9-6-8-14(15,2)3/h13H,4-12,16H2,1-3H3. The Morgan fingerprint density at radius 3 is 2.61 bits per heavy atom. The number of nitrogens with zero attached hydrogens (tertiary/aromatic N) is 1. The van der Waals surface area contributed by atoms with Gasteiger partial charge in [-0.2, -0.15) is 0 Å². The maximum absolute atomic E-state index is 6.21. The van der Waals surface area contributed by atoms with Gasteiger partial charge in [0.05, 0.1) is 6.10 Å². The fraction of sp³-hybridized carbons (Fsp3) is 1.00. The lowest BCUT2D eigenvalue weighted by Crippen LogP contribution is -2.62. The highest BCUT2D eigenvalue weighted by atomic mass is 16.5. The van der Waals surface area contributed by atoms with Crippen LogP contribution < -0.4 is 5.73 Å². The fourth-order valence-corrected chi connectivity index (χ4v) is 4.19. The van der Waals surface area contributed by atoms with Crippen LogP contribution in [0.1, 0.15) is 52.9 Å². The maximum Gasteiger partial charge on any atom is 0.0702 e. The molecule has 0 aromatic rings. The van der Waals surface area contributed by atoms with Gasteiger partial charge < -0.3 is 10.5 Å². The van der Waals surface area contributed by atoms with E-state index in [1.807, 2.05) is 0 Å². The first-order valence-electron chi connectivity index (χ1n) is 7.62. The lowest BCUT2D eigenvalue weighted by molar-refractivity contribution is -0.0616. The molecule has 1 aliphatic heterocycles. The topological polar surface area (TPSA) is 38.5 Å². The van der Waals surface area contributed by atoms with Gasteiger partial charge in [-0.25, -0.2) is 0 Å². The van der Waals surface area contributed by atoms with Crippen molar-refractivity contribution in [2.45, 2.75) is 64.5 Å². The van der Waals surface area contributed by atoms with E-state index in [0.29, 0.717) is 11.5 Å². The normalized spacial score (nSPS) is 37.0. The van der Waals surface area contributed by atoms with E-state index in [-0.39, 0.29) is 5.54 Å². The van der Waals surface area contributed by atoms with Gasteiger partial charge in [-0.05, 0) is 44.6 Å². The summed E-state index contributed by atoms with van der Waals surface area (Å²) in [7, 11) is 0. The van der Waals surface area contributed by atoms with Crippen molar-refractivity contribution in [1.29, 1.82) is 0 Å². The molecule has 2 atom stereocenters. The Hall–Kier alpha value is -0.120. The first-order valence-corrected chi connectivity index (χ1v) is 7.62. The van der Waals surface area contributed by atoms with Crippen molar-refractivity contribution in [1.82, 2.24) is 4.90 Å². The molecule has 0 aromatic heterocycles. The van der Waals surface area contributed by atoms with Crippen LogP contribution in [0, 0.1) is 5.41 Å². The van der Waals surface area contributed by atoms with E-state index in [1.54, 1.807) is 0 Å². The van der Waals surface area contributed by atoms with E-state index in [0.717, 1.165) is 19.7 Å². The number of rotatable bonds is 4. The summed E-state index contributed by atoms with van der Waals surface area (Å²) in [5.74, 6) is 0. The van der Waals surface area contributed by atoms with Crippen LogP contribution in [0.15, 0.2) is 0 Å². The molecular weight excluding hydrogens is 224 g/mol. The molecule has 2 unspecified atom stereocenters. The Labute approximate surface area is 112 Å². The first-order chi connectivity index (χ1) is 8.55. The summed E-state index contributed by atoms with van der Waals surface area (Å²) in [4.78, 5) is 2.66. The molecule has 0 radical (unpaired) electrons. The number of hydrogen-bond acceptors (Lipinski definition) is 3. The van der Waals surface area contributed by atoms with Crippen LogP contribution in [0.5, 0.6) is 0 Å². The Kier molecular flexibility index (Phi) is 4.35. The number of hydrogen-bond donors (Lipinski definition) is 1. The summed E-state index contributed by atoms with van der Waals surface area (Å²) in [5, 5.41) is 0. The fourth-order valence-electron chi connectivity index (χ4n) is 4.19. The monoisotopic (exact) mass is 254 g/mol. The van der Waals surface area contributed by atoms with Crippen molar-refractivity contribution in [3.8, 4) is 0 Å². The maximum atomic E-state index is 6.21. The van der Waals surface area contributed by atoms with E-state index in [1.165, 1.54) is 38.6 Å². The molecule has 0 amide bonds. The average Bonchev–Trinajstić information content (AvgIpc) is 2.66. The van der Waals surface area contributed by atoms with Crippen LogP contribution in [0.2, 0.25) is 0 Å². The highest BCUT2D eigenvalue weighted by Gasteiger charge is 2.52. The molecule has 3 heteroatoms. The van der Waals surface area contributed by atoms with Gasteiger partial charge >= 0.3 is 0 Å². The third-order valence-electron chi connectivity index (χ3n) is 5.38. The van der Waals surface area contributed by atoms with E-state index in [4.69, 9.17) is 10.5 Å². The summed E-state index contributed by atoms with van der Waals surface area (Å²) < 4.78 is 5.85. The van der Waals surface area contributed by atoms with Crippen LogP contribution in [-0.2, 0) is 4.74 Å². The molecule has 2 fully saturated rings. The molecule has 0 aromatic carbocycles. The number of nitrogens with two attached hydrogens (primary N) is 1. The smallest absolute Gasteiger partial charge is 0.0702 e. The second-order valence-electron chi connectivity index (χ2n) is 6.64. The molecule has 2 N–H and O–H groups in total. The average molecular weight is 254 g/mol. The summed E-state index contributed by atoms with van der Waals surface area (Å²) >= 11 is 0. The van der Waals surface area contributed by atoms with Gasteiger partial charge in [-0.3, -0.25) is 4.90 Å². The Bertz CT molecular complexity index is 278. The predicted molar refractivity (Wildman–Crippen MR) is 75.6 cm³/mol. The lowest BCUT2D eigenvalue weighted by Gasteiger charge is -2.52.